The summed E-state index contributed by atoms with van der Waals surface area (Å²) in [5, 5.41) is 12.8. The van der Waals surface area contributed by atoms with Gasteiger partial charge in [-0.2, -0.15) is 5.10 Å². The van der Waals surface area contributed by atoms with Gasteiger partial charge in [-0.05, 0) is 0 Å². The summed E-state index contributed by atoms with van der Waals surface area (Å²) >= 11 is 5.65. The number of carboxylic acid groups (broad SMARTS) is 1. The van der Waals surface area contributed by atoms with Gasteiger partial charge in [0.1, 0.15) is 11.6 Å². The molecule has 1 unspecified atom stereocenters. The quantitative estimate of drug-likeness (QED) is 0.699. The van der Waals surface area contributed by atoms with E-state index < -0.39 is 12.0 Å². The topological polar surface area (TPSA) is 64.3 Å². The standard InChI is InChI=1S/C6H5ClN2O3/c7-3-1-8-9-4(6(10)11)2-12-5(3)9/h1,4H,2H2,(H,10,11). The van der Waals surface area contributed by atoms with E-state index in [1.165, 1.54) is 10.9 Å². The van der Waals surface area contributed by atoms with Gasteiger partial charge >= 0.3 is 5.97 Å². The number of rotatable bonds is 1. The van der Waals surface area contributed by atoms with Gasteiger partial charge in [-0.1, -0.05) is 11.6 Å². The van der Waals surface area contributed by atoms with Crippen molar-refractivity contribution in [3.05, 3.63) is 11.2 Å². The molecule has 2 heterocycles. The van der Waals surface area contributed by atoms with Gasteiger partial charge in [0, 0.05) is 0 Å². The lowest BCUT2D eigenvalue weighted by Crippen LogP contribution is -2.18. The van der Waals surface area contributed by atoms with Crippen molar-refractivity contribution >= 4 is 17.6 Å². The average molecular weight is 189 g/mol. The van der Waals surface area contributed by atoms with Gasteiger partial charge in [0.25, 0.3) is 0 Å². The van der Waals surface area contributed by atoms with Gasteiger partial charge in [-0.25, -0.2) is 9.48 Å². The molecule has 6 heteroatoms. The van der Waals surface area contributed by atoms with Crippen LogP contribution in [0, 0.1) is 0 Å². The lowest BCUT2D eigenvalue weighted by Gasteiger charge is -2.00. The predicted molar refractivity (Wildman–Crippen MR) is 39.4 cm³/mol. The number of aromatic nitrogens is 2. The van der Waals surface area contributed by atoms with Crippen LogP contribution in [0.15, 0.2) is 6.20 Å². The Morgan fingerprint density at radius 2 is 2.67 bits per heavy atom. The third-order valence-corrected chi connectivity index (χ3v) is 1.93. The van der Waals surface area contributed by atoms with E-state index in [9.17, 15) is 4.79 Å². The maximum Gasteiger partial charge on any atom is 0.332 e. The molecular weight excluding hydrogens is 184 g/mol. The molecule has 1 aliphatic heterocycles. The van der Waals surface area contributed by atoms with Gasteiger partial charge < -0.3 is 9.84 Å². The summed E-state index contributed by atoms with van der Waals surface area (Å²) in [6.07, 6.45) is 1.37. The highest BCUT2D eigenvalue weighted by Gasteiger charge is 2.32. The number of ether oxygens (including phenoxy) is 1. The molecule has 2 rings (SSSR count). The van der Waals surface area contributed by atoms with Crippen molar-refractivity contribution in [1.29, 1.82) is 0 Å². The molecule has 0 saturated heterocycles. The van der Waals surface area contributed by atoms with Crippen LogP contribution in [0.25, 0.3) is 0 Å². The van der Waals surface area contributed by atoms with E-state index in [0.29, 0.717) is 10.9 Å². The first-order valence-electron chi connectivity index (χ1n) is 3.29. The molecule has 5 nitrogen and oxygen atoms in total. The van der Waals surface area contributed by atoms with E-state index in [2.05, 4.69) is 5.10 Å². The van der Waals surface area contributed by atoms with Crippen LogP contribution >= 0.6 is 11.6 Å². The third kappa shape index (κ3) is 0.863. The number of fused-ring (bicyclic) bond motifs is 1. The second kappa shape index (κ2) is 2.38. The predicted octanol–water partition coefficient (Wildman–Crippen LogP) is 0.555. The number of nitrogens with zero attached hydrogens (tertiary/aromatic N) is 2. The SMILES string of the molecule is O=C(O)C1COc2c(Cl)cnn21. The van der Waals surface area contributed by atoms with E-state index in [4.69, 9.17) is 21.4 Å². The van der Waals surface area contributed by atoms with Crippen LogP contribution in [-0.2, 0) is 4.79 Å². The molecule has 12 heavy (non-hydrogen) atoms. The fourth-order valence-electron chi connectivity index (χ4n) is 1.09. The fraction of sp³-hybridized carbons (Fsp3) is 0.333. The summed E-state index contributed by atoms with van der Waals surface area (Å²) in [4.78, 5) is 10.6. The van der Waals surface area contributed by atoms with Gasteiger partial charge in [-0.15, -0.1) is 0 Å². The van der Waals surface area contributed by atoms with Crippen molar-refractivity contribution in [3.63, 3.8) is 0 Å². The van der Waals surface area contributed by atoms with Crippen LogP contribution in [0.3, 0.4) is 0 Å². The Labute approximate surface area is 72.5 Å². The molecule has 0 aromatic carbocycles. The first kappa shape index (κ1) is 7.42. The van der Waals surface area contributed by atoms with E-state index in [0.717, 1.165) is 0 Å². The van der Waals surface area contributed by atoms with Crippen molar-refractivity contribution in [3.8, 4) is 5.88 Å². The Morgan fingerprint density at radius 3 is 3.33 bits per heavy atom. The molecule has 0 radical (unpaired) electrons. The van der Waals surface area contributed by atoms with Crippen molar-refractivity contribution in [2.45, 2.75) is 6.04 Å². The molecule has 1 aliphatic rings. The number of hydrogen-bond acceptors (Lipinski definition) is 3. The number of carboxylic acids is 1. The molecule has 0 spiro atoms. The highest BCUT2D eigenvalue weighted by atomic mass is 35.5. The Morgan fingerprint density at radius 1 is 1.92 bits per heavy atom. The zero-order valence-corrected chi connectivity index (χ0v) is 6.65. The molecule has 1 aromatic rings. The van der Waals surface area contributed by atoms with Gasteiger partial charge in [0.15, 0.2) is 6.04 Å². The molecule has 0 fully saturated rings. The smallest absolute Gasteiger partial charge is 0.332 e. The van der Waals surface area contributed by atoms with E-state index in [1.54, 1.807) is 0 Å². The first-order chi connectivity index (χ1) is 5.70. The molecule has 0 saturated carbocycles. The van der Waals surface area contributed by atoms with Crippen molar-refractivity contribution in [2.24, 2.45) is 0 Å². The summed E-state index contributed by atoms with van der Waals surface area (Å²) in [5.74, 6) is -0.627. The summed E-state index contributed by atoms with van der Waals surface area (Å²) in [6, 6.07) is -0.743. The number of hydrogen-bond donors (Lipinski definition) is 1. The van der Waals surface area contributed by atoms with E-state index >= 15 is 0 Å². The monoisotopic (exact) mass is 188 g/mol. The largest absolute Gasteiger partial charge is 0.480 e. The van der Waals surface area contributed by atoms with Crippen molar-refractivity contribution < 1.29 is 14.6 Å². The van der Waals surface area contributed by atoms with Gasteiger partial charge in [-0.3, -0.25) is 0 Å². The Bertz CT molecular complexity index is 336. The zero-order valence-electron chi connectivity index (χ0n) is 5.90. The van der Waals surface area contributed by atoms with Crippen molar-refractivity contribution in [1.82, 2.24) is 9.78 Å². The lowest BCUT2D eigenvalue weighted by molar-refractivity contribution is -0.141. The maximum absolute atomic E-state index is 10.6. The van der Waals surface area contributed by atoms with Crippen LogP contribution in [0.2, 0.25) is 5.02 Å². The molecule has 1 N–H and O–H groups in total. The molecular formula is C6H5ClN2O3. The molecule has 0 bridgehead atoms. The first-order valence-corrected chi connectivity index (χ1v) is 3.66. The number of aliphatic carboxylic acids is 1. The van der Waals surface area contributed by atoms with Crippen molar-refractivity contribution in [2.75, 3.05) is 6.61 Å². The Balaban J connectivity index is 2.43. The van der Waals surface area contributed by atoms with Crippen LogP contribution in [0.5, 0.6) is 5.88 Å². The van der Waals surface area contributed by atoms with Crippen LogP contribution < -0.4 is 4.74 Å². The minimum Gasteiger partial charge on any atom is -0.480 e. The molecule has 1 aromatic heterocycles. The van der Waals surface area contributed by atoms with Gasteiger partial charge in [0.2, 0.25) is 5.88 Å². The Kier molecular flexibility index (Phi) is 1.47. The Hall–Kier alpha value is -1.23. The van der Waals surface area contributed by atoms with Gasteiger partial charge in [0.05, 0.1) is 6.20 Å². The number of halogens is 1. The second-order valence-corrected chi connectivity index (χ2v) is 2.81. The number of carbonyl (C=O) groups is 1. The zero-order chi connectivity index (χ0) is 8.72. The fourth-order valence-corrected chi connectivity index (χ4v) is 1.28. The summed E-state index contributed by atoms with van der Waals surface area (Å²) < 4.78 is 6.30. The maximum atomic E-state index is 10.6. The summed E-state index contributed by atoms with van der Waals surface area (Å²) in [6.45, 7) is 0.0955. The highest BCUT2D eigenvalue weighted by molar-refractivity contribution is 6.31. The lowest BCUT2D eigenvalue weighted by atomic mass is 10.3. The normalized spacial score (nSPS) is 20.2. The summed E-state index contributed by atoms with van der Waals surface area (Å²) in [5.41, 5.74) is 0. The van der Waals surface area contributed by atoms with E-state index in [-0.39, 0.29) is 6.61 Å². The highest BCUT2D eigenvalue weighted by Crippen LogP contribution is 2.32. The van der Waals surface area contributed by atoms with E-state index in [1.807, 2.05) is 0 Å². The van der Waals surface area contributed by atoms with Crippen LogP contribution in [0.4, 0.5) is 0 Å². The minimum atomic E-state index is -0.964. The second-order valence-electron chi connectivity index (χ2n) is 2.41. The van der Waals surface area contributed by atoms with Crippen LogP contribution in [-0.4, -0.2) is 27.5 Å². The average Bonchev–Trinajstić information content (AvgIpc) is 2.53. The molecule has 0 amide bonds. The van der Waals surface area contributed by atoms with Crippen LogP contribution in [0.1, 0.15) is 6.04 Å². The molecule has 0 aliphatic carbocycles. The minimum absolute atomic E-state index is 0.0955. The third-order valence-electron chi connectivity index (χ3n) is 1.67. The molecule has 64 valence electrons. The summed E-state index contributed by atoms with van der Waals surface area (Å²) in [7, 11) is 0. The molecule has 1 atom stereocenters.